The zero-order valence-electron chi connectivity index (χ0n) is 30.7. The van der Waals surface area contributed by atoms with Gasteiger partial charge in [-0.25, -0.2) is 0 Å². The smallest absolute Gasteiger partial charge is 0.210 e. The maximum Gasteiger partial charge on any atom is 0.210 e. The minimum atomic E-state index is -0.211. The molecular weight excluding hydrogens is 617 g/mol. The van der Waals surface area contributed by atoms with Crippen LogP contribution in [0.4, 0.5) is 11.4 Å². The zero-order valence-corrected chi connectivity index (χ0v) is 30.7. The van der Waals surface area contributed by atoms with Crippen molar-refractivity contribution in [2.45, 2.75) is 57.8 Å². The zero-order chi connectivity index (χ0) is 35.2. The Hall–Kier alpha value is -5.21. The van der Waals surface area contributed by atoms with Crippen LogP contribution >= 0.6 is 0 Å². The molecule has 2 atom stereocenters. The molecule has 6 aromatic rings. The molecule has 0 aliphatic carbocycles. The molecule has 2 nitrogen and oxygen atoms in total. The van der Waals surface area contributed by atoms with Crippen LogP contribution in [0.15, 0.2) is 157 Å². The van der Waals surface area contributed by atoms with E-state index in [0.717, 1.165) is 25.8 Å². The molecule has 0 N–H and O–H groups in total. The molecule has 254 valence electrons. The van der Waals surface area contributed by atoms with Crippen molar-refractivity contribution in [1.29, 1.82) is 0 Å². The normalized spacial score (nSPS) is 20.7. The van der Waals surface area contributed by atoms with Gasteiger partial charge in [0.05, 0.1) is 5.41 Å². The second-order valence-electron chi connectivity index (χ2n) is 15.5. The Morgan fingerprint density at radius 1 is 0.627 bits per heavy atom. The fraction of sp³-hybridized carbons (Fsp3) is 0.245. The Morgan fingerprint density at radius 3 is 1.80 bits per heavy atom. The van der Waals surface area contributed by atoms with Gasteiger partial charge < -0.3 is 4.90 Å². The summed E-state index contributed by atoms with van der Waals surface area (Å²) >= 11 is 0. The third-order valence-corrected chi connectivity index (χ3v) is 11.6. The van der Waals surface area contributed by atoms with Gasteiger partial charge >= 0.3 is 0 Å². The summed E-state index contributed by atoms with van der Waals surface area (Å²) in [6.45, 7) is 10.6. The van der Waals surface area contributed by atoms with E-state index in [1.54, 1.807) is 0 Å². The molecule has 0 saturated carbocycles. The van der Waals surface area contributed by atoms with E-state index in [2.05, 4.69) is 196 Å². The van der Waals surface area contributed by atoms with E-state index in [9.17, 15) is 0 Å². The van der Waals surface area contributed by atoms with Crippen LogP contribution in [-0.4, -0.2) is 23.9 Å². The SMILES string of the molecule is CC(C)CCN1C(=CC=CC2=[N+](C)c3ccc4ccccc4c3C2(C)Cc2ccccc2)C(C)(Cc2ccccc2)c2c1ccc1ccccc21. The summed E-state index contributed by atoms with van der Waals surface area (Å²) in [4.78, 5) is 2.64. The van der Waals surface area contributed by atoms with Crippen LogP contribution in [0, 0.1) is 5.92 Å². The van der Waals surface area contributed by atoms with Gasteiger partial charge in [0, 0.05) is 41.1 Å². The van der Waals surface area contributed by atoms with Crippen LogP contribution in [0.3, 0.4) is 0 Å². The number of rotatable bonds is 9. The minimum absolute atomic E-state index is 0.208. The number of nitrogens with zero attached hydrogens (tertiary/aromatic N) is 2. The van der Waals surface area contributed by atoms with Crippen LogP contribution < -0.4 is 4.90 Å². The number of allylic oxidation sites excluding steroid dienone is 4. The first kappa shape index (κ1) is 33.0. The van der Waals surface area contributed by atoms with Crippen molar-refractivity contribution in [2.75, 3.05) is 18.5 Å². The molecule has 0 amide bonds. The molecule has 0 bridgehead atoms. The molecule has 2 heterocycles. The third-order valence-electron chi connectivity index (χ3n) is 11.6. The molecular formula is C49H49N2+. The third kappa shape index (κ3) is 5.72. The van der Waals surface area contributed by atoms with Crippen LogP contribution in [0.2, 0.25) is 0 Å². The predicted octanol–water partition coefficient (Wildman–Crippen LogP) is 11.7. The molecule has 8 rings (SSSR count). The quantitative estimate of drug-likeness (QED) is 0.139. The van der Waals surface area contributed by atoms with Crippen molar-refractivity contribution in [3.63, 3.8) is 0 Å². The van der Waals surface area contributed by atoms with Gasteiger partial charge in [-0.15, -0.1) is 0 Å². The van der Waals surface area contributed by atoms with E-state index in [4.69, 9.17) is 0 Å². The molecule has 0 aromatic heterocycles. The van der Waals surface area contributed by atoms with Gasteiger partial charge in [0.1, 0.15) is 7.05 Å². The molecule has 6 aromatic carbocycles. The number of hydrogen-bond acceptors (Lipinski definition) is 1. The van der Waals surface area contributed by atoms with Crippen molar-refractivity contribution in [3.05, 3.63) is 180 Å². The second kappa shape index (κ2) is 13.2. The van der Waals surface area contributed by atoms with Crippen LogP contribution in [0.25, 0.3) is 21.5 Å². The monoisotopic (exact) mass is 665 g/mol. The van der Waals surface area contributed by atoms with Crippen LogP contribution in [-0.2, 0) is 23.7 Å². The summed E-state index contributed by atoms with van der Waals surface area (Å²) in [6, 6.07) is 49.2. The van der Waals surface area contributed by atoms with Crippen LogP contribution in [0.1, 0.15) is 56.4 Å². The Bertz CT molecular complexity index is 2330. The predicted molar refractivity (Wildman–Crippen MR) is 218 cm³/mol. The highest BCUT2D eigenvalue weighted by molar-refractivity contribution is 6.08. The lowest BCUT2D eigenvalue weighted by atomic mass is 9.73. The van der Waals surface area contributed by atoms with E-state index in [0.29, 0.717) is 5.92 Å². The Kier molecular flexibility index (Phi) is 8.51. The molecule has 0 fully saturated rings. The summed E-state index contributed by atoms with van der Waals surface area (Å²) in [5.74, 6) is 0.612. The lowest BCUT2D eigenvalue weighted by Gasteiger charge is -2.31. The average Bonchev–Trinajstić information content (AvgIpc) is 3.51. The van der Waals surface area contributed by atoms with Gasteiger partial charge in [-0.3, -0.25) is 0 Å². The van der Waals surface area contributed by atoms with Crippen molar-refractivity contribution in [2.24, 2.45) is 5.92 Å². The molecule has 0 radical (unpaired) electrons. The van der Waals surface area contributed by atoms with Crippen molar-refractivity contribution >= 4 is 38.6 Å². The maximum absolute atomic E-state index is 2.64. The van der Waals surface area contributed by atoms with E-state index >= 15 is 0 Å². The Balaban J connectivity index is 1.29. The minimum Gasteiger partial charge on any atom is -0.344 e. The van der Waals surface area contributed by atoms with E-state index in [1.165, 1.54) is 66.6 Å². The first-order chi connectivity index (χ1) is 24.8. The highest BCUT2D eigenvalue weighted by Gasteiger charge is 2.48. The number of anilines is 1. The number of fused-ring (bicyclic) bond motifs is 6. The maximum atomic E-state index is 2.64. The number of benzene rings is 6. The molecule has 2 aliphatic heterocycles. The Labute approximate surface area is 304 Å². The van der Waals surface area contributed by atoms with E-state index in [-0.39, 0.29) is 10.8 Å². The molecule has 2 heteroatoms. The fourth-order valence-corrected chi connectivity index (χ4v) is 9.16. The summed E-state index contributed by atoms with van der Waals surface area (Å²) < 4.78 is 2.44. The van der Waals surface area contributed by atoms with Crippen molar-refractivity contribution in [1.82, 2.24) is 0 Å². The van der Waals surface area contributed by atoms with Gasteiger partial charge in [-0.05, 0) is 95.5 Å². The van der Waals surface area contributed by atoms with E-state index < -0.39 is 0 Å². The van der Waals surface area contributed by atoms with Crippen molar-refractivity contribution in [3.8, 4) is 0 Å². The summed E-state index contributed by atoms with van der Waals surface area (Å²) in [5.41, 5.74) is 10.5. The van der Waals surface area contributed by atoms with Gasteiger partial charge in [0.15, 0.2) is 5.71 Å². The lowest BCUT2D eigenvalue weighted by Crippen LogP contribution is -2.33. The second-order valence-corrected chi connectivity index (χ2v) is 15.5. The number of hydrogen-bond donors (Lipinski definition) is 0. The summed E-state index contributed by atoms with van der Waals surface area (Å²) in [6.07, 6.45) is 10.2. The highest BCUT2D eigenvalue weighted by Crippen LogP contribution is 2.53. The topological polar surface area (TPSA) is 6.25 Å². The summed E-state index contributed by atoms with van der Waals surface area (Å²) in [5, 5.41) is 5.30. The first-order valence-corrected chi connectivity index (χ1v) is 18.7. The standard InChI is InChI=1S/C49H49N2/c1-35(2)31-32-51-43-30-28-39-22-13-15-24-41(39)47(43)49(4,34-37-19-10-7-11-20-37)45(51)26-16-25-44-48(3,33-36-17-8-6-9-18-36)46-40-23-14-12-21-38(40)27-29-42(46)50(44)5/h6-30,35H,31-34H2,1-5H3/q+1. The summed E-state index contributed by atoms with van der Waals surface area (Å²) in [7, 11) is 2.25. The van der Waals surface area contributed by atoms with Gasteiger partial charge in [0.25, 0.3) is 0 Å². The average molecular weight is 666 g/mol. The molecule has 2 unspecified atom stereocenters. The first-order valence-electron chi connectivity index (χ1n) is 18.7. The van der Waals surface area contributed by atoms with Crippen LogP contribution in [0.5, 0.6) is 0 Å². The molecule has 0 saturated heterocycles. The Morgan fingerprint density at radius 2 is 1.18 bits per heavy atom. The molecule has 2 aliphatic rings. The van der Waals surface area contributed by atoms with Gasteiger partial charge in [0.2, 0.25) is 5.69 Å². The highest BCUT2D eigenvalue weighted by atomic mass is 15.2. The molecule has 0 spiro atoms. The van der Waals surface area contributed by atoms with E-state index in [1.807, 2.05) is 0 Å². The lowest BCUT2D eigenvalue weighted by molar-refractivity contribution is -0.401. The fourth-order valence-electron chi connectivity index (χ4n) is 9.16. The van der Waals surface area contributed by atoms with Crippen molar-refractivity contribution < 1.29 is 4.58 Å². The molecule has 51 heavy (non-hydrogen) atoms. The van der Waals surface area contributed by atoms with Gasteiger partial charge in [-0.2, -0.15) is 4.58 Å². The van der Waals surface area contributed by atoms with Gasteiger partial charge in [-0.1, -0.05) is 135 Å². The largest absolute Gasteiger partial charge is 0.344 e.